The molecule has 1 atom stereocenters. The quantitative estimate of drug-likeness (QED) is 0.681. The molecule has 1 aliphatic carbocycles. The second-order valence-corrected chi connectivity index (χ2v) is 6.26. The van der Waals surface area contributed by atoms with Gasteiger partial charge in [0.15, 0.2) is 0 Å². The van der Waals surface area contributed by atoms with Crippen molar-refractivity contribution in [1.82, 2.24) is 15.2 Å². The molecule has 6 heteroatoms. The molecule has 0 saturated carbocycles. The number of hydrogen-bond donors (Lipinski definition) is 1. The van der Waals surface area contributed by atoms with E-state index in [1.165, 1.54) is 4.90 Å². The van der Waals surface area contributed by atoms with E-state index in [0.717, 1.165) is 23.1 Å². The molecule has 0 unspecified atom stereocenters. The first-order valence-corrected chi connectivity index (χ1v) is 7.81. The highest BCUT2D eigenvalue weighted by atomic mass is 35.5. The largest absolute Gasteiger partial charge is 0.325 e. The van der Waals surface area contributed by atoms with Gasteiger partial charge in [0.05, 0.1) is 6.54 Å². The number of hydrogen-bond acceptors (Lipinski definition) is 3. The molecule has 1 N–H and O–H groups in total. The number of rotatable bonds is 2. The molecule has 3 amide bonds. The second-order valence-electron chi connectivity index (χ2n) is 5.87. The summed E-state index contributed by atoms with van der Waals surface area (Å²) >= 11 is 5.88. The molecule has 2 heterocycles. The minimum atomic E-state index is -0.912. The van der Waals surface area contributed by atoms with Crippen molar-refractivity contribution in [2.45, 2.75) is 24.9 Å². The van der Waals surface area contributed by atoms with Crippen LogP contribution in [0.1, 0.15) is 23.1 Å². The molecule has 116 valence electrons. The minimum absolute atomic E-state index is 0.191. The number of urea groups is 1. The Morgan fingerprint density at radius 2 is 2.09 bits per heavy atom. The van der Waals surface area contributed by atoms with E-state index in [4.69, 9.17) is 11.6 Å². The van der Waals surface area contributed by atoms with Crippen LogP contribution >= 0.6 is 11.6 Å². The number of carbonyl (C=O) groups excluding carboxylic acids is 2. The summed E-state index contributed by atoms with van der Waals surface area (Å²) in [6, 6.07) is 10.8. The molecule has 0 radical (unpaired) electrons. The lowest BCUT2D eigenvalue weighted by Gasteiger charge is -2.22. The topological polar surface area (TPSA) is 62.3 Å². The molecule has 1 aromatic heterocycles. The third-order valence-corrected chi connectivity index (χ3v) is 4.76. The number of fused-ring (bicyclic) bond motifs is 2. The lowest BCUT2D eigenvalue weighted by molar-refractivity contribution is -0.132. The van der Waals surface area contributed by atoms with Gasteiger partial charge in [0.2, 0.25) is 0 Å². The Balaban J connectivity index is 1.68. The summed E-state index contributed by atoms with van der Waals surface area (Å²) in [5.41, 5.74) is 1.89. The monoisotopic (exact) mass is 327 g/mol. The third-order valence-electron chi connectivity index (χ3n) is 4.55. The molecular formula is C17H14ClN3O2. The number of aryl methyl sites for hydroxylation is 1. The first-order valence-electron chi connectivity index (χ1n) is 7.43. The van der Waals surface area contributed by atoms with E-state index in [9.17, 15) is 9.59 Å². The molecule has 4 rings (SSSR count). The number of nitrogens with zero attached hydrogens (tertiary/aromatic N) is 2. The Morgan fingerprint density at radius 3 is 2.91 bits per heavy atom. The van der Waals surface area contributed by atoms with Crippen LogP contribution in [-0.2, 0) is 23.3 Å². The number of halogens is 1. The molecule has 1 saturated heterocycles. The van der Waals surface area contributed by atoms with Crippen molar-refractivity contribution in [3.63, 3.8) is 0 Å². The molecule has 1 spiro atoms. The normalized spacial score (nSPS) is 22.6. The van der Waals surface area contributed by atoms with Gasteiger partial charge in [0.1, 0.15) is 10.7 Å². The van der Waals surface area contributed by atoms with Crippen molar-refractivity contribution in [1.29, 1.82) is 0 Å². The van der Waals surface area contributed by atoms with E-state index in [1.54, 1.807) is 18.3 Å². The number of nitrogens with one attached hydrogen (secondary N) is 1. The average molecular weight is 328 g/mol. The van der Waals surface area contributed by atoms with E-state index in [1.807, 2.05) is 24.3 Å². The van der Waals surface area contributed by atoms with Crippen LogP contribution in [-0.4, -0.2) is 21.8 Å². The first-order chi connectivity index (χ1) is 11.1. The zero-order chi connectivity index (χ0) is 16.0. The molecule has 5 nitrogen and oxygen atoms in total. The van der Waals surface area contributed by atoms with E-state index >= 15 is 0 Å². The number of aromatic nitrogens is 1. The third kappa shape index (κ3) is 2.11. The lowest BCUT2D eigenvalue weighted by atomic mass is 9.92. The highest BCUT2D eigenvalue weighted by Crippen LogP contribution is 2.41. The smallest absolute Gasteiger partial charge is 0.319 e. The van der Waals surface area contributed by atoms with Crippen LogP contribution in [0.3, 0.4) is 0 Å². The van der Waals surface area contributed by atoms with Crippen LogP contribution in [0.25, 0.3) is 0 Å². The minimum Gasteiger partial charge on any atom is -0.319 e. The zero-order valence-corrected chi connectivity index (χ0v) is 13.0. The Hall–Kier alpha value is -2.40. The summed E-state index contributed by atoms with van der Waals surface area (Å²) in [5, 5.41) is 3.25. The fourth-order valence-corrected chi connectivity index (χ4v) is 3.65. The van der Waals surface area contributed by atoms with Crippen molar-refractivity contribution < 1.29 is 9.59 Å². The standard InChI is InChI=1S/C17H14ClN3O2/c18-14-9-11(6-8-19-14)10-21-15(22)17(20-16(21)23)7-5-12-3-1-2-4-13(12)17/h1-4,6,8-9H,5,7,10H2,(H,20,23)/t17-/m1/s1. The van der Waals surface area contributed by atoms with Crippen LogP contribution in [0.2, 0.25) is 5.15 Å². The van der Waals surface area contributed by atoms with Gasteiger partial charge in [0, 0.05) is 6.20 Å². The van der Waals surface area contributed by atoms with Crippen LogP contribution in [0, 0.1) is 0 Å². The van der Waals surface area contributed by atoms with Crippen LogP contribution in [0.5, 0.6) is 0 Å². The van der Waals surface area contributed by atoms with E-state index in [2.05, 4.69) is 10.3 Å². The first kappa shape index (κ1) is 14.2. The summed E-state index contributed by atoms with van der Waals surface area (Å²) in [4.78, 5) is 30.5. The van der Waals surface area contributed by atoms with Gasteiger partial charge in [-0.1, -0.05) is 35.9 Å². The van der Waals surface area contributed by atoms with Crippen molar-refractivity contribution in [2.24, 2.45) is 0 Å². The van der Waals surface area contributed by atoms with Gasteiger partial charge in [0.25, 0.3) is 5.91 Å². The summed E-state index contributed by atoms with van der Waals surface area (Å²) in [5.74, 6) is -0.194. The van der Waals surface area contributed by atoms with Crippen molar-refractivity contribution in [3.8, 4) is 0 Å². The van der Waals surface area contributed by atoms with Gasteiger partial charge >= 0.3 is 6.03 Å². The predicted octanol–water partition coefficient (Wildman–Crippen LogP) is 2.63. The van der Waals surface area contributed by atoms with E-state index in [0.29, 0.717) is 11.6 Å². The van der Waals surface area contributed by atoms with Crippen molar-refractivity contribution in [2.75, 3.05) is 0 Å². The lowest BCUT2D eigenvalue weighted by Crippen LogP contribution is -2.41. The number of imide groups is 1. The van der Waals surface area contributed by atoms with Gasteiger partial charge in [-0.15, -0.1) is 0 Å². The molecule has 23 heavy (non-hydrogen) atoms. The summed E-state index contributed by atoms with van der Waals surface area (Å²) in [6.45, 7) is 0.191. The highest BCUT2D eigenvalue weighted by Gasteiger charge is 2.55. The SMILES string of the molecule is O=C1N[C@@]2(CCc3ccccc32)C(=O)N1Cc1ccnc(Cl)c1. The Labute approximate surface area is 138 Å². The molecular weight excluding hydrogens is 314 g/mol. The number of pyridine rings is 1. The van der Waals surface area contributed by atoms with Crippen LogP contribution in [0.15, 0.2) is 42.6 Å². The van der Waals surface area contributed by atoms with Gasteiger partial charge < -0.3 is 5.32 Å². The molecule has 0 bridgehead atoms. The Kier molecular flexibility index (Phi) is 3.13. The maximum absolute atomic E-state index is 13.0. The van der Waals surface area contributed by atoms with Crippen LogP contribution in [0.4, 0.5) is 4.79 Å². The number of benzene rings is 1. The fourth-order valence-electron chi connectivity index (χ4n) is 3.46. The van der Waals surface area contributed by atoms with E-state index in [-0.39, 0.29) is 18.5 Å². The molecule has 1 aromatic carbocycles. The molecule has 1 fully saturated rings. The van der Waals surface area contributed by atoms with Gasteiger partial charge in [-0.3, -0.25) is 9.69 Å². The average Bonchev–Trinajstić information content (AvgIpc) is 3.02. The van der Waals surface area contributed by atoms with Crippen LogP contribution < -0.4 is 5.32 Å². The maximum Gasteiger partial charge on any atom is 0.325 e. The van der Waals surface area contributed by atoms with Gasteiger partial charge in [-0.05, 0) is 41.7 Å². The fraction of sp³-hybridized carbons (Fsp3) is 0.235. The maximum atomic E-state index is 13.0. The second kappa shape index (κ2) is 5.06. The van der Waals surface area contributed by atoms with Gasteiger partial charge in [-0.25, -0.2) is 9.78 Å². The van der Waals surface area contributed by atoms with Crippen molar-refractivity contribution >= 4 is 23.5 Å². The summed E-state index contributed by atoms with van der Waals surface area (Å²) < 4.78 is 0. The number of amides is 3. The van der Waals surface area contributed by atoms with Gasteiger partial charge in [-0.2, -0.15) is 0 Å². The predicted molar refractivity (Wildman–Crippen MR) is 84.8 cm³/mol. The molecule has 1 aliphatic heterocycles. The molecule has 2 aliphatic rings. The zero-order valence-electron chi connectivity index (χ0n) is 12.3. The number of carbonyl (C=O) groups is 2. The molecule has 2 aromatic rings. The Bertz CT molecular complexity index is 823. The van der Waals surface area contributed by atoms with Crippen molar-refractivity contribution in [3.05, 3.63) is 64.4 Å². The summed E-state index contributed by atoms with van der Waals surface area (Å²) in [7, 11) is 0. The Morgan fingerprint density at radius 1 is 1.26 bits per heavy atom. The highest BCUT2D eigenvalue weighted by molar-refractivity contribution is 6.29. The van der Waals surface area contributed by atoms with E-state index < -0.39 is 5.54 Å². The summed E-state index contributed by atoms with van der Waals surface area (Å²) in [6.07, 6.45) is 2.96.